The summed E-state index contributed by atoms with van der Waals surface area (Å²) in [7, 11) is -3.25. The van der Waals surface area contributed by atoms with Gasteiger partial charge in [0.05, 0.1) is 29.6 Å². The van der Waals surface area contributed by atoms with Crippen LogP contribution >= 0.6 is 11.6 Å². The Hall–Kier alpha value is -2.71. The van der Waals surface area contributed by atoms with E-state index in [4.69, 9.17) is 11.6 Å². The van der Waals surface area contributed by atoms with Gasteiger partial charge in [-0.05, 0) is 31.5 Å². The van der Waals surface area contributed by atoms with E-state index in [1.54, 1.807) is 25.5 Å². The average molecular weight is 433 g/mol. The molecule has 2 heterocycles. The van der Waals surface area contributed by atoms with E-state index in [0.29, 0.717) is 10.5 Å². The minimum absolute atomic E-state index is 0.0590. The smallest absolute Gasteiger partial charge is 0.270 e. The zero-order valence-corrected chi connectivity index (χ0v) is 17.8. The van der Waals surface area contributed by atoms with Crippen LogP contribution in [-0.4, -0.2) is 41.2 Å². The first kappa shape index (κ1) is 21.0. The molecular formula is C20H21ClN4O3S. The Morgan fingerprint density at radius 2 is 1.97 bits per heavy atom. The van der Waals surface area contributed by atoms with E-state index in [1.165, 1.54) is 6.08 Å². The minimum Gasteiger partial charge on any atom is -0.345 e. The second kappa shape index (κ2) is 8.34. The number of fused-ring (bicyclic) bond motifs is 1. The van der Waals surface area contributed by atoms with Gasteiger partial charge in [0.15, 0.2) is 9.84 Å². The summed E-state index contributed by atoms with van der Waals surface area (Å²) in [4.78, 5) is 21.1. The summed E-state index contributed by atoms with van der Waals surface area (Å²) in [6.07, 6.45) is 5.79. The highest BCUT2D eigenvalue weighted by Gasteiger charge is 2.17. The summed E-state index contributed by atoms with van der Waals surface area (Å²) in [6.45, 7) is 3.69. The minimum atomic E-state index is -3.25. The molecule has 0 aliphatic heterocycles. The number of carbonyl (C=O) groups excluding carboxylic acids is 1. The number of rotatable bonds is 6. The summed E-state index contributed by atoms with van der Waals surface area (Å²) in [5.74, 6) is -0.411. The normalized spacial score (nSPS) is 14.2. The van der Waals surface area contributed by atoms with E-state index in [2.05, 4.69) is 15.3 Å². The lowest BCUT2D eigenvalue weighted by atomic mass is 10.1. The van der Waals surface area contributed by atoms with Crippen LogP contribution in [0.3, 0.4) is 0 Å². The van der Waals surface area contributed by atoms with Crippen LogP contribution in [0.2, 0.25) is 5.02 Å². The van der Waals surface area contributed by atoms with Crippen molar-refractivity contribution in [1.82, 2.24) is 19.9 Å². The maximum atomic E-state index is 12.4. The zero-order valence-electron chi connectivity index (χ0n) is 16.2. The van der Waals surface area contributed by atoms with Gasteiger partial charge in [-0.15, -0.1) is 0 Å². The van der Waals surface area contributed by atoms with Crippen molar-refractivity contribution in [2.24, 2.45) is 0 Å². The van der Waals surface area contributed by atoms with E-state index < -0.39 is 21.8 Å². The van der Waals surface area contributed by atoms with E-state index in [9.17, 15) is 13.2 Å². The number of imidazole rings is 1. The van der Waals surface area contributed by atoms with Crippen LogP contribution in [0, 0.1) is 0 Å². The van der Waals surface area contributed by atoms with E-state index in [-0.39, 0.29) is 11.7 Å². The number of pyridine rings is 1. The third-order valence-electron chi connectivity index (χ3n) is 4.44. The summed E-state index contributed by atoms with van der Waals surface area (Å²) in [5, 5.41) is 4.42. The molecule has 9 heteroatoms. The molecule has 1 amide bonds. The standard InChI is InChI=1S/C20H21ClN4O3S/c1-13(8-9-29(3,27)28)24-20(26)18-10-17-19(11-22-18)25(12-23-17)14(2)15-6-4-5-7-16(15)21/h4-14H,1-3H3,(H,24,26)/b9-8+/t13-,14-/m1/s1. The lowest BCUT2D eigenvalue weighted by Crippen LogP contribution is -2.31. The molecule has 29 heavy (non-hydrogen) atoms. The van der Waals surface area contributed by atoms with Gasteiger partial charge in [-0.25, -0.2) is 18.4 Å². The number of benzene rings is 1. The molecule has 0 aliphatic carbocycles. The number of nitrogens with one attached hydrogen (secondary N) is 1. The Bertz CT molecular complexity index is 1190. The van der Waals surface area contributed by atoms with Gasteiger partial charge in [0.1, 0.15) is 5.69 Å². The molecule has 1 aromatic carbocycles. The van der Waals surface area contributed by atoms with Crippen LogP contribution in [0.25, 0.3) is 11.0 Å². The molecular weight excluding hydrogens is 412 g/mol. The first-order chi connectivity index (χ1) is 13.7. The van der Waals surface area contributed by atoms with Crippen molar-refractivity contribution in [3.63, 3.8) is 0 Å². The Labute approximate surface area is 174 Å². The van der Waals surface area contributed by atoms with Gasteiger partial charge in [0.2, 0.25) is 0 Å². The van der Waals surface area contributed by atoms with E-state index in [0.717, 1.165) is 22.7 Å². The monoisotopic (exact) mass is 432 g/mol. The molecule has 0 spiro atoms. The predicted molar refractivity (Wildman–Crippen MR) is 114 cm³/mol. The molecule has 0 saturated carbocycles. The van der Waals surface area contributed by atoms with Crippen molar-refractivity contribution < 1.29 is 13.2 Å². The molecule has 2 aromatic heterocycles. The lowest BCUT2D eigenvalue weighted by molar-refractivity contribution is 0.0942. The number of hydrogen-bond acceptors (Lipinski definition) is 5. The van der Waals surface area contributed by atoms with Crippen LogP contribution in [0.15, 0.2) is 54.3 Å². The maximum absolute atomic E-state index is 12.4. The van der Waals surface area contributed by atoms with Crippen molar-refractivity contribution in [1.29, 1.82) is 0 Å². The zero-order chi connectivity index (χ0) is 21.2. The second-order valence-electron chi connectivity index (χ2n) is 6.83. The number of aromatic nitrogens is 3. The molecule has 0 aliphatic rings. The molecule has 0 fully saturated rings. The number of hydrogen-bond donors (Lipinski definition) is 1. The van der Waals surface area contributed by atoms with Gasteiger partial charge < -0.3 is 9.88 Å². The highest BCUT2D eigenvalue weighted by atomic mass is 35.5. The van der Waals surface area contributed by atoms with Crippen LogP contribution in [0.1, 0.15) is 35.9 Å². The van der Waals surface area contributed by atoms with Crippen molar-refractivity contribution in [3.8, 4) is 0 Å². The van der Waals surface area contributed by atoms with Crippen LogP contribution < -0.4 is 5.32 Å². The maximum Gasteiger partial charge on any atom is 0.270 e. The molecule has 0 unspecified atom stereocenters. The fourth-order valence-corrected chi connectivity index (χ4v) is 3.73. The first-order valence-corrected chi connectivity index (χ1v) is 11.2. The topological polar surface area (TPSA) is 94.0 Å². The molecule has 152 valence electrons. The molecule has 1 N–H and O–H groups in total. The molecule has 0 bridgehead atoms. The Balaban J connectivity index is 1.82. The summed E-state index contributed by atoms with van der Waals surface area (Å²) < 4.78 is 24.3. The third-order valence-corrected chi connectivity index (χ3v) is 5.44. The first-order valence-electron chi connectivity index (χ1n) is 8.92. The van der Waals surface area contributed by atoms with E-state index in [1.807, 2.05) is 35.8 Å². The van der Waals surface area contributed by atoms with Crippen LogP contribution in [-0.2, 0) is 9.84 Å². The SMILES string of the molecule is C[C@H](/C=C/S(C)(=O)=O)NC(=O)c1cc2ncn([C@H](C)c3ccccc3Cl)c2cn1. The summed E-state index contributed by atoms with van der Waals surface area (Å²) >= 11 is 6.31. The highest BCUT2D eigenvalue weighted by Crippen LogP contribution is 2.28. The van der Waals surface area contributed by atoms with Crippen molar-refractivity contribution in [3.05, 3.63) is 70.6 Å². The largest absolute Gasteiger partial charge is 0.345 e. The third kappa shape index (κ3) is 5.02. The van der Waals surface area contributed by atoms with Crippen molar-refractivity contribution in [2.75, 3.05) is 6.26 Å². The predicted octanol–water partition coefficient (Wildman–Crippen LogP) is 3.37. The van der Waals surface area contributed by atoms with Crippen LogP contribution in [0.5, 0.6) is 0 Å². The lowest BCUT2D eigenvalue weighted by Gasteiger charge is -2.16. The number of sulfone groups is 1. The second-order valence-corrected chi connectivity index (χ2v) is 9.17. The van der Waals surface area contributed by atoms with Gasteiger partial charge in [0.25, 0.3) is 5.91 Å². The molecule has 0 saturated heterocycles. The Kier molecular flexibility index (Phi) is 6.04. The Morgan fingerprint density at radius 3 is 2.66 bits per heavy atom. The molecule has 3 rings (SSSR count). The molecule has 3 aromatic rings. The van der Waals surface area contributed by atoms with Gasteiger partial charge in [-0.1, -0.05) is 35.9 Å². The van der Waals surface area contributed by atoms with Crippen molar-refractivity contribution in [2.45, 2.75) is 25.9 Å². The molecule has 2 atom stereocenters. The van der Waals surface area contributed by atoms with Gasteiger partial charge >= 0.3 is 0 Å². The van der Waals surface area contributed by atoms with Crippen LogP contribution in [0.4, 0.5) is 0 Å². The van der Waals surface area contributed by atoms with Gasteiger partial charge in [-0.3, -0.25) is 4.79 Å². The fourth-order valence-electron chi connectivity index (χ4n) is 2.91. The Morgan fingerprint density at radius 1 is 1.24 bits per heavy atom. The number of nitrogens with zero attached hydrogens (tertiary/aromatic N) is 3. The number of amides is 1. The van der Waals surface area contributed by atoms with Crippen molar-refractivity contribution >= 4 is 38.4 Å². The number of halogens is 1. The average Bonchev–Trinajstić information content (AvgIpc) is 3.09. The van der Waals surface area contributed by atoms with E-state index >= 15 is 0 Å². The molecule has 7 nitrogen and oxygen atoms in total. The summed E-state index contributed by atoms with van der Waals surface area (Å²) in [5.41, 5.74) is 2.57. The summed E-state index contributed by atoms with van der Waals surface area (Å²) in [6, 6.07) is 8.68. The molecule has 0 radical (unpaired) electrons. The van der Waals surface area contributed by atoms with Gasteiger partial charge in [-0.2, -0.15) is 0 Å². The van der Waals surface area contributed by atoms with Gasteiger partial charge in [0, 0.05) is 22.7 Å². The fraction of sp³-hybridized carbons (Fsp3) is 0.250. The highest BCUT2D eigenvalue weighted by molar-refractivity contribution is 7.93. The number of carbonyl (C=O) groups is 1. The quantitative estimate of drug-likeness (QED) is 0.644.